The molecule has 1 heterocycles. The molecule has 0 radical (unpaired) electrons. The Hall–Kier alpha value is -2.20. The standard InChI is InChI=1S/C11H12N4O2/c1-17-10-4-2-3-8(5-10)11(16)15-6-9(7-15)13-14-12/h2-5,9H,6-7H2,1H3. The third kappa shape index (κ3) is 2.32. The molecule has 0 bridgehead atoms. The minimum atomic E-state index is -0.0884. The monoisotopic (exact) mass is 232 g/mol. The normalized spacial score (nSPS) is 14.8. The number of likely N-dealkylation sites (tertiary alicyclic amines) is 1. The summed E-state index contributed by atoms with van der Waals surface area (Å²) in [6, 6.07) is 6.91. The second kappa shape index (κ2) is 4.76. The summed E-state index contributed by atoms with van der Waals surface area (Å²) >= 11 is 0. The maximum Gasteiger partial charge on any atom is 0.254 e. The first-order valence-electron chi connectivity index (χ1n) is 5.22. The van der Waals surface area contributed by atoms with E-state index in [-0.39, 0.29) is 11.9 Å². The van der Waals surface area contributed by atoms with Gasteiger partial charge in [0, 0.05) is 23.6 Å². The van der Waals surface area contributed by atoms with Crippen molar-refractivity contribution in [1.82, 2.24) is 4.90 Å². The van der Waals surface area contributed by atoms with Crippen LogP contribution < -0.4 is 4.74 Å². The van der Waals surface area contributed by atoms with Crippen LogP contribution in [0.25, 0.3) is 10.4 Å². The Labute approximate surface area is 98.4 Å². The molecule has 1 amide bonds. The minimum Gasteiger partial charge on any atom is -0.497 e. The Morgan fingerprint density at radius 3 is 3.00 bits per heavy atom. The lowest BCUT2D eigenvalue weighted by Crippen LogP contribution is -2.52. The van der Waals surface area contributed by atoms with Gasteiger partial charge in [-0.3, -0.25) is 4.79 Å². The lowest BCUT2D eigenvalue weighted by atomic mass is 10.1. The van der Waals surface area contributed by atoms with Crippen LogP contribution in [0.4, 0.5) is 0 Å². The second-order valence-corrected chi connectivity index (χ2v) is 3.80. The maximum atomic E-state index is 12.0. The molecule has 17 heavy (non-hydrogen) atoms. The van der Waals surface area contributed by atoms with Gasteiger partial charge in [-0.25, -0.2) is 0 Å². The van der Waals surface area contributed by atoms with Gasteiger partial charge in [0.25, 0.3) is 5.91 Å². The van der Waals surface area contributed by atoms with E-state index in [1.165, 1.54) is 0 Å². The van der Waals surface area contributed by atoms with E-state index >= 15 is 0 Å². The van der Waals surface area contributed by atoms with Crippen molar-refractivity contribution in [2.24, 2.45) is 5.11 Å². The number of benzene rings is 1. The van der Waals surface area contributed by atoms with Gasteiger partial charge < -0.3 is 9.64 Å². The smallest absolute Gasteiger partial charge is 0.254 e. The summed E-state index contributed by atoms with van der Waals surface area (Å²) in [5.41, 5.74) is 8.84. The molecule has 1 aromatic carbocycles. The van der Waals surface area contributed by atoms with Crippen LogP contribution in [0, 0.1) is 0 Å². The van der Waals surface area contributed by atoms with E-state index < -0.39 is 0 Å². The Kier molecular flexibility index (Phi) is 3.16. The summed E-state index contributed by atoms with van der Waals surface area (Å²) in [6.45, 7) is 0.972. The number of ether oxygens (including phenoxy) is 1. The van der Waals surface area contributed by atoms with Crippen molar-refractivity contribution in [3.8, 4) is 5.75 Å². The third-order valence-electron chi connectivity index (χ3n) is 2.68. The predicted molar refractivity (Wildman–Crippen MR) is 61.8 cm³/mol. The lowest BCUT2D eigenvalue weighted by molar-refractivity contribution is 0.0608. The molecule has 1 aliphatic heterocycles. The minimum absolute atomic E-state index is 0.0618. The number of carbonyl (C=O) groups is 1. The van der Waals surface area contributed by atoms with E-state index in [0.29, 0.717) is 24.4 Å². The first-order chi connectivity index (χ1) is 8.24. The molecule has 0 spiro atoms. The molecule has 88 valence electrons. The number of carbonyl (C=O) groups excluding carboxylic acids is 1. The van der Waals surface area contributed by atoms with Gasteiger partial charge >= 0.3 is 0 Å². The number of hydrogen-bond donors (Lipinski definition) is 0. The van der Waals surface area contributed by atoms with Gasteiger partial charge in [0.2, 0.25) is 0 Å². The zero-order valence-corrected chi connectivity index (χ0v) is 9.41. The molecular weight excluding hydrogens is 220 g/mol. The van der Waals surface area contributed by atoms with Crippen LogP contribution in [0.5, 0.6) is 5.75 Å². The fourth-order valence-electron chi connectivity index (χ4n) is 1.71. The molecule has 1 aromatic rings. The highest BCUT2D eigenvalue weighted by Gasteiger charge is 2.30. The highest BCUT2D eigenvalue weighted by molar-refractivity contribution is 5.95. The van der Waals surface area contributed by atoms with Gasteiger partial charge in [-0.05, 0) is 23.7 Å². The molecule has 6 heteroatoms. The van der Waals surface area contributed by atoms with Crippen LogP contribution in [-0.2, 0) is 0 Å². The number of hydrogen-bond acceptors (Lipinski definition) is 3. The van der Waals surface area contributed by atoms with E-state index in [1.54, 1.807) is 36.3 Å². The predicted octanol–water partition coefficient (Wildman–Crippen LogP) is 1.83. The molecule has 1 fully saturated rings. The molecule has 6 nitrogen and oxygen atoms in total. The van der Waals surface area contributed by atoms with E-state index in [0.717, 1.165) is 0 Å². The summed E-state index contributed by atoms with van der Waals surface area (Å²) in [7, 11) is 1.56. The number of methoxy groups -OCH3 is 1. The average molecular weight is 232 g/mol. The molecule has 1 aliphatic rings. The largest absolute Gasteiger partial charge is 0.497 e. The molecule has 0 atom stereocenters. The van der Waals surface area contributed by atoms with Crippen molar-refractivity contribution < 1.29 is 9.53 Å². The van der Waals surface area contributed by atoms with Gasteiger partial charge in [0.15, 0.2) is 0 Å². The van der Waals surface area contributed by atoms with E-state index in [4.69, 9.17) is 10.3 Å². The highest BCUT2D eigenvalue weighted by Crippen LogP contribution is 2.19. The molecule has 0 N–H and O–H groups in total. The zero-order valence-electron chi connectivity index (χ0n) is 9.41. The van der Waals surface area contributed by atoms with Gasteiger partial charge in [-0.15, -0.1) is 0 Å². The van der Waals surface area contributed by atoms with Crippen LogP contribution in [-0.4, -0.2) is 37.0 Å². The van der Waals surface area contributed by atoms with Crippen molar-refractivity contribution in [3.63, 3.8) is 0 Å². The van der Waals surface area contributed by atoms with Crippen LogP contribution >= 0.6 is 0 Å². The Morgan fingerprint density at radius 1 is 1.59 bits per heavy atom. The summed E-state index contributed by atoms with van der Waals surface area (Å²) in [5.74, 6) is 0.594. The SMILES string of the molecule is COc1cccc(C(=O)N2CC(N=[N+]=[N-])C2)c1. The molecule has 1 saturated heterocycles. The Morgan fingerprint density at radius 2 is 2.35 bits per heavy atom. The summed E-state index contributed by atoms with van der Waals surface area (Å²) in [5, 5.41) is 3.55. The van der Waals surface area contributed by atoms with E-state index in [9.17, 15) is 4.79 Å². The van der Waals surface area contributed by atoms with Crippen molar-refractivity contribution >= 4 is 5.91 Å². The zero-order chi connectivity index (χ0) is 12.3. The van der Waals surface area contributed by atoms with E-state index in [2.05, 4.69) is 10.0 Å². The molecule has 2 rings (SSSR count). The van der Waals surface area contributed by atoms with Crippen LogP contribution in [0.3, 0.4) is 0 Å². The fraction of sp³-hybridized carbons (Fsp3) is 0.364. The first kappa shape index (κ1) is 11.3. The van der Waals surface area contributed by atoms with Crippen molar-refractivity contribution in [3.05, 3.63) is 40.3 Å². The fourth-order valence-corrected chi connectivity index (χ4v) is 1.71. The first-order valence-corrected chi connectivity index (χ1v) is 5.22. The van der Waals surface area contributed by atoms with Gasteiger partial charge in [0.05, 0.1) is 13.2 Å². The van der Waals surface area contributed by atoms with Crippen LogP contribution in [0.2, 0.25) is 0 Å². The number of amides is 1. The summed E-state index contributed by atoms with van der Waals surface area (Å²) in [6.07, 6.45) is 0. The summed E-state index contributed by atoms with van der Waals surface area (Å²) in [4.78, 5) is 16.3. The molecule has 0 unspecified atom stereocenters. The quantitative estimate of drug-likeness (QED) is 0.452. The molecule has 0 aliphatic carbocycles. The van der Waals surface area contributed by atoms with Gasteiger partial charge in [-0.2, -0.15) is 0 Å². The number of nitrogens with zero attached hydrogens (tertiary/aromatic N) is 4. The maximum absolute atomic E-state index is 12.0. The van der Waals surface area contributed by atoms with E-state index in [1.807, 2.05) is 0 Å². The molecular formula is C11H12N4O2. The Balaban J connectivity index is 2.03. The number of rotatable bonds is 3. The van der Waals surface area contributed by atoms with Gasteiger partial charge in [-0.1, -0.05) is 11.2 Å². The van der Waals surface area contributed by atoms with Crippen molar-refractivity contribution in [2.75, 3.05) is 20.2 Å². The van der Waals surface area contributed by atoms with Crippen molar-refractivity contribution in [1.29, 1.82) is 0 Å². The summed E-state index contributed by atoms with van der Waals surface area (Å²) < 4.78 is 5.06. The number of azide groups is 1. The third-order valence-corrected chi connectivity index (χ3v) is 2.68. The van der Waals surface area contributed by atoms with Crippen LogP contribution in [0.15, 0.2) is 29.4 Å². The van der Waals surface area contributed by atoms with Gasteiger partial charge in [0.1, 0.15) is 5.75 Å². The molecule has 0 saturated carbocycles. The van der Waals surface area contributed by atoms with Crippen molar-refractivity contribution in [2.45, 2.75) is 6.04 Å². The Bertz CT molecular complexity index is 476. The highest BCUT2D eigenvalue weighted by atomic mass is 16.5. The van der Waals surface area contributed by atoms with Crippen LogP contribution in [0.1, 0.15) is 10.4 Å². The molecule has 0 aromatic heterocycles. The second-order valence-electron chi connectivity index (χ2n) is 3.80. The lowest BCUT2D eigenvalue weighted by Gasteiger charge is -2.36. The topological polar surface area (TPSA) is 78.3 Å². The average Bonchev–Trinajstić information content (AvgIpc) is 2.32.